The van der Waals surface area contributed by atoms with Gasteiger partial charge in [-0.1, -0.05) is 55.3 Å². The lowest BCUT2D eigenvalue weighted by Gasteiger charge is -2.32. The first-order valence-corrected chi connectivity index (χ1v) is 13.0. The van der Waals surface area contributed by atoms with Gasteiger partial charge in [-0.3, -0.25) is 24.1 Å². The summed E-state index contributed by atoms with van der Waals surface area (Å²) in [6.07, 6.45) is 6.00. The third kappa shape index (κ3) is 6.07. The first-order chi connectivity index (χ1) is 16.7. The number of likely N-dealkylation sites (tertiary alicyclic amines) is 1. The largest absolute Gasteiger partial charge is 0.352 e. The number of fused-ring (bicyclic) bond motifs is 1. The second kappa shape index (κ2) is 12.0. The number of benzene rings is 1. The molecular weight excluding hydrogens is 489 g/mol. The Morgan fingerprint density at radius 3 is 2.14 bits per heavy atom. The number of nitrogens with zero attached hydrogens (tertiary/aromatic N) is 2. The van der Waals surface area contributed by atoms with Crippen LogP contribution in [0.1, 0.15) is 58.4 Å². The quantitative estimate of drug-likeness (QED) is 0.366. The zero-order chi connectivity index (χ0) is 25.7. The number of carbonyl (C=O) groups is 4. The monoisotopic (exact) mass is 521 g/mol. The van der Waals surface area contributed by atoms with Crippen LogP contribution in [0.3, 0.4) is 0 Å². The number of hydrogen-bond donors (Lipinski definition) is 1. The Balaban J connectivity index is 1.81. The van der Waals surface area contributed by atoms with Crippen molar-refractivity contribution in [2.24, 2.45) is 11.8 Å². The molecule has 3 rings (SSSR count). The van der Waals surface area contributed by atoms with Crippen molar-refractivity contribution in [2.45, 2.75) is 71.5 Å². The first kappa shape index (κ1) is 27.2. The lowest BCUT2D eigenvalue weighted by atomic mass is 9.85. The number of amides is 4. The van der Waals surface area contributed by atoms with Crippen molar-refractivity contribution in [3.8, 4) is 0 Å². The summed E-state index contributed by atoms with van der Waals surface area (Å²) in [7, 11) is 0. The van der Waals surface area contributed by atoms with Gasteiger partial charge in [0.1, 0.15) is 6.04 Å². The molecule has 1 heterocycles. The van der Waals surface area contributed by atoms with Gasteiger partial charge in [-0.15, -0.1) is 0 Å². The summed E-state index contributed by atoms with van der Waals surface area (Å²) in [5.41, 5.74) is 0.546. The maximum Gasteiger partial charge on any atom is 0.243 e. The molecule has 1 saturated heterocycles. The average molecular weight is 522 g/mol. The van der Waals surface area contributed by atoms with Crippen molar-refractivity contribution >= 4 is 46.8 Å². The number of halogens is 2. The van der Waals surface area contributed by atoms with E-state index in [1.54, 1.807) is 18.2 Å². The molecule has 0 bridgehead atoms. The van der Waals surface area contributed by atoms with Crippen molar-refractivity contribution in [3.63, 3.8) is 0 Å². The van der Waals surface area contributed by atoms with Gasteiger partial charge in [-0.2, -0.15) is 0 Å². The molecule has 1 aromatic carbocycles. The topological polar surface area (TPSA) is 86.8 Å². The smallest absolute Gasteiger partial charge is 0.243 e. The van der Waals surface area contributed by atoms with Crippen LogP contribution in [0, 0.1) is 11.8 Å². The van der Waals surface area contributed by atoms with E-state index in [2.05, 4.69) is 5.32 Å². The second-order valence-corrected chi connectivity index (χ2v) is 10.0. The van der Waals surface area contributed by atoms with Gasteiger partial charge in [0.2, 0.25) is 23.6 Å². The Hall–Kier alpha value is -2.38. The lowest BCUT2D eigenvalue weighted by molar-refractivity contribution is -0.144. The normalized spacial score (nSPS) is 21.0. The second-order valence-electron chi connectivity index (χ2n) is 9.20. The predicted molar refractivity (Wildman–Crippen MR) is 136 cm³/mol. The van der Waals surface area contributed by atoms with Gasteiger partial charge in [0.15, 0.2) is 0 Å². The minimum atomic E-state index is -0.749. The van der Waals surface area contributed by atoms with Gasteiger partial charge < -0.3 is 10.2 Å². The highest BCUT2D eigenvalue weighted by atomic mass is 35.5. The van der Waals surface area contributed by atoms with Crippen LogP contribution in [0.5, 0.6) is 0 Å². The molecule has 1 fully saturated rings. The Bertz CT molecular complexity index is 966. The minimum absolute atomic E-state index is 0.0142. The van der Waals surface area contributed by atoms with Crippen LogP contribution in [0.15, 0.2) is 30.4 Å². The molecule has 4 atom stereocenters. The van der Waals surface area contributed by atoms with Crippen LogP contribution >= 0.6 is 23.2 Å². The van der Waals surface area contributed by atoms with E-state index in [4.69, 9.17) is 23.2 Å². The number of carbonyl (C=O) groups excluding carboxylic acids is 4. The van der Waals surface area contributed by atoms with Crippen LogP contribution in [-0.2, 0) is 25.7 Å². The van der Waals surface area contributed by atoms with Gasteiger partial charge in [0, 0.05) is 41.2 Å². The van der Waals surface area contributed by atoms with Crippen LogP contribution in [0.25, 0.3) is 0 Å². The molecule has 0 unspecified atom stereocenters. The number of hydrogen-bond acceptors (Lipinski definition) is 4. The van der Waals surface area contributed by atoms with E-state index >= 15 is 0 Å². The summed E-state index contributed by atoms with van der Waals surface area (Å²) in [4.78, 5) is 54.9. The minimum Gasteiger partial charge on any atom is -0.352 e. The average Bonchev–Trinajstić information content (AvgIpc) is 3.08. The molecule has 190 valence electrons. The van der Waals surface area contributed by atoms with Crippen molar-refractivity contribution in [3.05, 3.63) is 46.0 Å². The van der Waals surface area contributed by atoms with Gasteiger partial charge in [0.25, 0.3) is 0 Å². The fraction of sp³-hybridized carbons (Fsp3) is 0.538. The molecule has 1 aromatic rings. The summed E-state index contributed by atoms with van der Waals surface area (Å²) in [5.74, 6) is -1.74. The molecule has 0 spiro atoms. The molecule has 0 aromatic heterocycles. The summed E-state index contributed by atoms with van der Waals surface area (Å²) >= 11 is 12.7. The molecule has 7 nitrogen and oxygen atoms in total. The van der Waals surface area contributed by atoms with Gasteiger partial charge >= 0.3 is 0 Å². The molecule has 1 aliphatic carbocycles. The van der Waals surface area contributed by atoms with E-state index in [1.165, 1.54) is 9.80 Å². The van der Waals surface area contributed by atoms with E-state index in [-0.39, 0.29) is 61.0 Å². The fourth-order valence-electron chi connectivity index (χ4n) is 4.65. The van der Waals surface area contributed by atoms with Crippen molar-refractivity contribution in [1.29, 1.82) is 0 Å². The van der Waals surface area contributed by atoms with Gasteiger partial charge in [-0.05, 0) is 44.7 Å². The number of allylic oxidation sites excluding steroid dienone is 2. The Kier molecular flexibility index (Phi) is 9.36. The molecule has 4 amide bonds. The maximum absolute atomic E-state index is 13.5. The summed E-state index contributed by atoms with van der Waals surface area (Å²) < 4.78 is 0. The third-order valence-electron chi connectivity index (χ3n) is 6.93. The highest BCUT2D eigenvalue weighted by Gasteiger charge is 2.47. The number of rotatable bonds is 10. The molecule has 0 radical (unpaired) electrons. The van der Waals surface area contributed by atoms with Crippen LogP contribution in [0.2, 0.25) is 10.0 Å². The molecule has 1 N–H and O–H groups in total. The molecule has 2 aliphatic rings. The van der Waals surface area contributed by atoms with Crippen LogP contribution in [-0.4, -0.2) is 52.1 Å². The highest BCUT2D eigenvalue weighted by Crippen LogP contribution is 2.35. The fourth-order valence-corrected chi connectivity index (χ4v) is 5.17. The van der Waals surface area contributed by atoms with E-state index in [1.807, 2.05) is 32.9 Å². The Morgan fingerprint density at radius 2 is 1.63 bits per heavy atom. The van der Waals surface area contributed by atoms with Crippen molar-refractivity contribution in [2.75, 3.05) is 6.54 Å². The van der Waals surface area contributed by atoms with E-state index in [9.17, 15) is 19.2 Å². The summed E-state index contributed by atoms with van der Waals surface area (Å²) in [6.45, 7) is 5.73. The Labute approximate surface area is 216 Å². The number of imide groups is 1. The zero-order valence-corrected chi connectivity index (χ0v) is 21.9. The SMILES string of the molecule is CC[C@H](C(=O)N[C@@H](C)CC)N(Cc1c(Cl)cccc1Cl)C(=O)CCN1C(=O)[C@H]2CC=CC[C@H]2C1=O. The summed E-state index contributed by atoms with van der Waals surface area (Å²) in [5, 5.41) is 3.75. The highest BCUT2D eigenvalue weighted by molar-refractivity contribution is 6.36. The molecule has 35 heavy (non-hydrogen) atoms. The molecular formula is C26H33Cl2N3O4. The van der Waals surface area contributed by atoms with E-state index in [0.29, 0.717) is 34.9 Å². The standard InChI is InChI=1S/C26H33Cl2N3O4/c1-4-16(3)29-24(33)22(5-2)31(15-19-20(27)11-8-12-21(19)28)23(32)13-14-30-25(34)17-9-6-7-10-18(17)26(30)35/h6-8,11-12,16-18,22H,4-5,9-10,13-15H2,1-3H3,(H,29,33)/t16-,17-,18+,22+/m0/s1. The predicted octanol–water partition coefficient (Wildman–Crippen LogP) is 4.36. The van der Waals surface area contributed by atoms with E-state index in [0.717, 1.165) is 6.42 Å². The van der Waals surface area contributed by atoms with E-state index < -0.39 is 6.04 Å². The lowest BCUT2D eigenvalue weighted by Crippen LogP contribution is -2.51. The molecule has 9 heteroatoms. The summed E-state index contributed by atoms with van der Waals surface area (Å²) in [6, 6.07) is 4.28. The zero-order valence-electron chi connectivity index (χ0n) is 20.4. The van der Waals surface area contributed by atoms with Gasteiger partial charge in [-0.25, -0.2) is 0 Å². The maximum atomic E-state index is 13.5. The number of nitrogens with one attached hydrogen (secondary N) is 1. The van der Waals surface area contributed by atoms with Crippen molar-refractivity contribution < 1.29 is 19.2 Å². The van der Waals surface area contributed by atoms with Crippen LogP contribution in [0.4, 0.5) is 0 Å². The Morgan fingerprint density at radius 1 is 1.06 bits per heavy atom. The van der Waals surface area contributed by atoms with Crippen LogP contribution < -0.4 is 5.32 Å². The third-order valence-corrected chi connectivity index (χ3v) is 7.63. The van der Waals surface area contributed by atoms with Crippen molar-refractivity contribution in [1.82, 2.24) is 15.1 Å². The molecule has 0 saturated carbocycles. The van der Waals surface area contributed by atoms with Gasteiger partial charge in [0.05, 0.1) is 11.8 Å². The first-order valence-electron chi connectivity index (χ1n) is 12.2. The molecule has 1 aliphatic heterocycles.